The van der Waals surface area contributed by atoms with Gasteiger partial charge >= 0.3 is 0 Å². The Morgan fingerprint density at radius 2 is 0.860 bits per heavy atom. The second kappa shape index (κ2) is 31.0. The summed E-state index contributed by atoms with van der Waals surface area (Å²) in [5.41, 5.74) is -11.8. The Balaban J connectivity index is 1.01. The molecule has 107 heavy (non-hydrogen) atoms. The van der Waals surface area contributed by atoms with Crippen LogP contribution in [0.5, 0.6) is 0 Å². The molecule has 4 spiro atoms. The van der Waals surface area contributed by atoms with Crippen molar-refractivity contribution >= 4 is 29.4 Å². The van der Waals surface area contributed by atoms with E-state index in [1.165, 1.54) is 88.5 Å². The van der Waals surface area contributed by atoms with Crippen molar-refractivity contribution in [2.24, 2.45) is 69.5 Å². The van der Waals surface area contributed by atoms with Gasteiger partial charge in [-0.1, -0.05) is 113 Å². The number of allylic oxidation sites excluding steroid dienone is 5. The summed E-state index contributed by atoms with van der Waals surface area (Å²) < 4.78 is 48.7. The fourth-order valence-corrected chi connectivity index (χ4v) is 18.3. The van der Waals surface area contributed by atoms with Gasteiger partial charge in [0, 0.05) is 22.2 Å². The molecule has 0 amide bonds. The van der Waals surface area contributed by atoms with Gasteiger partial charge in [-0.3, -0.25) is 24.0 Å². The lowest BCUT2D eigenvalue weighted by molar-refractivity contribution is -0.299. The second-order valence-electron chi connectivity index (χ2n) is 32.0. The largest absolute Gasteiger partial charge is 0.394 e. The molecule has 11 aliphatic rings. The normalized spacial score (nSPS) is 51.4. The van der Waals surface area contributed by atoms with Crippen LogP contribution >= 0.6 is 0 Å². The van der Waals surface area contributed by atoms with Crippen molar-refractivity contribution in [1.82, 2.24) is 0 Å². The van der Waals surface area contributed by atoms with Gasteiger partial charge in [-0.15, -0.1) is 0 Å². The number of carbonyl (C=O) groups excluding carboxylic acids is 5. The molecule has 0 saturated carbocycles. The van der Waals surface area contributed by atoms with E-state index in [4.69, 9.17) is 37.9 Å². The van der Waals surface area contributed by atoms with E-state index in [1.54, 1.807) is 46.8 Å². The van der Waals surface area contributed by atoms with Gasteiger partial charge in [-0.05, 0) is 117 Å². The average molecular weight is 1510 g/mol. The zero-order valence-electron chi connectivity index (χ0n) is 61.0. The number of hydrogen-bond donors (Lipinski definition) is 17. The molecule has 30 nitrogen and oxygen atoms in total. The standard InChI is InChI=1S/C77H104O30/c1-34-12-10-14-44-20-40(32-100-69-59(90)57(88)55(86)47(30-80)102-69)36(3)21-74(44)61(92)49(65(96)104-74)45(82)15-18-72(8)25-41(28-78)38(5)23-77(72)64(95)52(68(99)107-77)54(85)35(2)13-11-17-71(7)27-43(33-101-70-60(91)58(89)56(87)48(31-81)103-70)39(6)24-75(71)62(93)50(66(97)105-75)46(83)16-19-73(9)26-42(29-79)37(4)22-76(73)63(94)51(53(34)84)67(98)106-76/h10-20,25-28,36-39,44-60,65-70,79-91,96-99H,21-24,29-33H2,1-9H3/b14-10+,17-11+,18-15+,19-16+,34-12+,35-13+/t36?,37?,38?,39?,44?,45?,46?,47-,48-,49?,50?,51?,52?,53?,54?,55+,56+,57+,58+,59-,60-,65?,66?,67?,68?,69+,70+,71?,72?,73?,74?,75?,76?,77?/m1/s1. The van der Waals surface area contributed by atoms with Gasteiger partial charge in [0.2, 0.25) is 0 Å². The Labute approximate surface area is 618 Å². The molecule has 6 fully saturated rings. The summed E-state index contributed by atoms with van der Waals surface area (Å²) in [6, 6.07) is 0. The van der Waals surface area contributed by atoms with Crippen LogP contribution < -0.4 is 0 Å². The third kappa shape index (κ3) is 13.9. The van der Waals surface area contributed by atoms with Gasteiger partial charge in [0.05, 0.1) is 57.5 Å². The predicted molar refractivity (Wildman–Crippen MR) is 369 cm³/mol. The number of ether oxygens (including phenoxy) is 8. The maximum atomic E-state index is 15.6. The third-order valence-corrected chi connectivity index (χ3v) is 25.1. The van der Waals surface area contributed by atoms with E-state index in [1.807, 2.05) is 0 Å². The SMILES string of the molecule is C/C1=C\C=C\C2(C)C=C(CO[C@H]3O[C@H](CO)[C@H](O)[C@H](O)[C@H]3O)C(C)CC23OC(O)C(C3=O)C(O)/C=C/C2(C)C=C(CO)C(C)CC23OC(O)C(C3=O)C(O)/C(C)=C/C=C/C2C=C(CO[C@H]3O[C@H](CO)[C@H](O)[C@H](O)[C@H]3O)C(C)CC23OC(O)C(C3=O)C(O)/C=C/C2(C)C=C(C=O)C(C)CC23OC(O)C(C3=O)C1O. The highest BCUT2D eigenvalue weighted by molar-refractivity contribution is 5.97. The minimum atomic E-state index is -2.10. The molecule has 24 unspecified atom stereocenters. The van der Waals surface area contributed by atoms with E-state index >= 15 is 19.2 Å². The first-order chi connectivity index (χ1) is 50.2. The highest BCUT2D eigenvalue weighted by Crippen LogP contribution is 2.59. The number of aliphatic hydroxyl groups is 17. The van der Waals surface area contributed by atoms with Crippen molar-refractivity contribution in [3.63, 3.8) is 0 Å². The van der Waals surface area contributed by atoms with Gasteiger partial charge < -0.3 is 125 Å². The van der Waals surface area contributed by atoms with Crippen molar-refractivity contribution in [3.05, 3.63) is 119 Å². The Hall–Kier alpha value is -5.25. The van der Waals surface area contributed by atoms with E-state index < -0.39 is 246 Å². The molecular weight excluding hydrogens is 1400 g/mol. The lowest BCUT2D eigenvalue weighted by Gasteiger charge is -2.47. The molecular formula is C77H104O30. The van der Waals surface area contributed by atoms with E-state index in [9.17, 15) is 91.6 Å². The van der Waals surface area contributed by atoms with Crippen LogP contribution in [-0.4, -0.2) is 283 Å². The van der Waals surface area contributed by atoms with E-state index in [2.05, 4.69) is 0 Å². The first kappa shape index (κ1) is 82.7. The van der Waals surface area contributed by atoms with Crippen molar-refractivity contribution < 1.29 is 149 Å². The van der Waals surface area contributed by atoms with Crippen LogP contribution in [0.2, 0.25) is 0 Å². The van der Waals surface area contributed by atoms with Crippen LogP contribution in [0.25, 0.3) is 0 Å². The summed E-state index contributed by atoms with van der Waals surface area (Å²) in [6.45, 7) is 11.5. The topological polar surface area (TPSA) is 503 Å². The molecule has 0 aromatic rings. The van der Waals surface area contributed by atoms with E-state index in [-0.39, 0.29) is 55.6 Å². The van der Waals surface area contributed by atoms with Crippen LogP contribution in [0, 0.1) is 69.5 Å². The quantitative estimate of drug-likeness (QED) is 0.0829. The fraction of sp³-hybridized carbons (Fsp3) is 0.675. The van der Waals surface area contributed by atoms with Crippen molar-refractivity contribution in [2.45, 2.75) is 221 Å². The Kier molecular flexibility index (Phi) is 24.0. The van der Waals surface area contributed by atoms with Gasteiger partial charge in [0.25, 0.3) is 0 Å². The predicted octanol–water partition coefficient (Wildman–Crippen LogP) is -2.02. The summed E-state index contributed by atoms with van der Waals surface area (Å²) in [7, 11) is 0. The molecule has 11 rings (SSSR count). The molecule has 6 aliphatic heterocycles. The summed E-state index contributed by atoms with van der Waals surface area (Å²) in [5, 5.41) is 192. The van der Waals surface area contributed by atoms with Crippen LogP contribution in [0.1, 0.15) is 88.0 Å². The lowest BCUT2D eigenvalue weighted by atomic mass is 9.59. The Morgan fingerprint density at radius 1 is 0.458 bits per heavy atom. The number of rotatable bonds is 10. The van der Waals surface area contributed by atoms with E-state index in [0.717, 1.165) is 12.2 Å². The number of carbonyl (C=O) groups is 5. The maximum absolute atomic E-state index is 15.6. The fourth-order valence-electron chi connectivity index (χ4n) is 18.3. The van der Waals surface area contributed by atoms with Crippen LogP contribution in [0.3, 0.4) is 0 Å². The monoisotopic (exact) mass is 1510 g/mol. The summed E-state index contributed by atoms with van der Waals surface area (Å²) in [6.07, 6.45) is -12.7. The number of Topliss-reactive ketones (excluding diaryl/α,β-unsaturated/α-hetero) is 4. The smallest absolute Gasteiger partial charge is 0.187 e. The molecule has 30 heteroatoms. The van der Waals surface area contributed by atoms with Gasteiger partial charge in [0.1, 0.15) is 101 Å². The molecule has 8 bridgehead atoms. The van der Waals surface area contributed by atoms with Crippen molar-refractivity contribution in [3.8, 4) is 0 Å². The zero-order valence-corrected chi connectivity index (χ0v) is 61.0. The lowest BCUT2D eigenvalue weighted by Crippen LogP contribution is -2.59. The number of fused-ring (bicyclic) bond motifs is 4. The maximum Gasteiger partial charge on any atom is 0.187 e. The Morgan fingerprint density at radius 3 is 1.35 bits per heavy atom. The van der Waals surface area contributed by atoms with Crippen molar-refractivity contribution in [2.75, 3.05) is 33.0 Å². The highest BCUT2D eigenvalue weighted by Gasteiger charge is 2.69. The number of aldehydes is 1. The molecule has 5 aliphatic carbocycles. The van der Waals surface area contributed by atoms with Crippen LogP contribution in [0.15, 0.2) is 119 Å². The molecule has 6 saturated heterocycles. The molecule has 592 valence electrons. The molecule has 0 radical (unpaired) electrons. The number of hydrogen-bond acceptors (Lipinski definition) is 30. The summed E-state index contributed by atoms with van der Waals surface area (Å²) in [4.78, 5) is 74.8. The highest BCUT2D eigenvalue weighted by atomic mass is 16.7. The first-order valence-corrected chi connectivity index (χ1v) is 36.4. The average Bonchev–Trinajstić information content (AvgIpc) is 1.59. The molecule has 6 heterocycles. The summed E-state index contributed by atoms with van der Waals surface area (Å²) >= 11 is 0. The molecule has 17 N–H and O–H groups in total. The minimum Gasteiger partial charge on any atom is -0.394 e. The molecule has 34 atom stereocenters. The van der Waals surface area contributed by atoms with Gasteiger partial charge in [0.15, 0.2) is 60.9 Å². The van der Waals surface area contributed by atoms with Crippen LogP contribution in [-0.2, 0) is 61.9 Å². The number of ketones is 4. The van der Waals surface area contributed by atoms with Crippen molar-refractivity contribution in [1.29, 1.82) is 0 Å². The minimum absolute atomic E-state index is 0.0437. The molecule has 0 aromatic carbocycles. The first-order valence-electron chi connectivity index (χ1n) is 36.4. The summed E-state index contributed by atoms with van der Waals surface area (Å²) in [5.74, 6) is -14.1. The van der Waals surface area contributed by atoms with Gasteiger partial charge in [-0.25, -0.2) is 0 Å². The van der Waals surface area contributed by atoms with E-state index in [0.29, 0.717) is 23.0 Å². The zero-order chi connectivity index (χ0) is 78.5. The Bertz CT molecular complexity index is 3720. The number of aliphatic hydroxyl groups excluding tert-OH is 17. The second-order valence-corrected chi connectivity index (χ2v) is 32.0. The third-order valence-electron chi connectivity index (χ3n) is 25.1. The molecule has 0 aromatic heterocycles. The van der Waals surface area contributed by atoms with Gasteiger partial charge in [-0.2, -0.15) is 0 Å². The van der Waals surface area contributed by atoms with Crippen LogP contribution in [0.4, 0.5) is 0 Å².